The fourth-order valence-corrected chi connectivity index (χ4v) is 3.00. The van der Waals surface area contributed by atoms with E-state index in [1.165, 1.54) is 22.3 Å². The molecular weight excluding hydrogens is 244 g/mol. The first-order valence-electron chi connectivity index (χ1n) is 7.54. The number of hydrogen-bond donors (Lipinski definition) is 0. The number of Topliss-reactive ketones (excluding diaryl/α,β-unsaturated/α-hetero) is 1. The van der Waals surface area contributed by atoms with Gasteiger partial charge in [-0.2, -0.15) is 0 Å². The first-order chi connectivity index (χ1) is 9.79. The third kappa shape index (κ3) is 2.40. The standard InChI is InChI=1S/C19H20O/c1-2-3-4-9-19(20)15-10-11-18-16(13-15)12-14-7-5-6-8-17(14)18/h5-8,10-11,13H,2-4,9,12H2,1H3. The summed E-state index contributed by atoms with van der Waals surface area (Å²) in [5.74, 6) is 0.289. The van der Waals surface area contributed by atoms with Crippen LogP contribution in [0.1, 0.15) is 54.1 Å². The molecule has 0 atom stereocenters. The molecule has 0 saturated heterocycles. The van der Waals surface area contributed by atoms with Gasteiger partial charge in [-0.1, -0.05) is 56.2 Å². The minimum Gasteiger partial charge on any atom is -0.294 e. The zero-order chi connectivity index (χ0) is 13.9. The molecule has 2 aromatic carbocycles. The van der Waals surface area contributed by atoms with E-state index in [-0.39, 0.29) is 5.78 Å². The average molecular weight is 264 g/mol. The van der Waals surface area contributed by atoms with Crippen LogP contribution >= 0.6 is 0 Å². The molecular formula is C19H20O. The third-order valence-corrected chi connectivity index (χ3v) is 4.12. The van der Waals surface area contributed by atoms with E-state index in [1.807, 2.05) is 6.07 Å². The SMILES string of the molecule is CCCCCC(=O)c1ccc2c(c1)Cc1ccccc1-2. The maximum absolute atomic E-state index is 12.2. The van der Waals surface area contributed by atoms with E-state index < -0.39 is 0 Å². The van der Waals surface area contributed by atoms with Crippen LogP contribution < -0.4 is 0 Å². The van der Waals surface area contributed by atoms with Gasteiger partial charge in [-0.05, 0) is 41.2 Å². The van der Waals surface area contributed by atoms with Crippen molar-refractivity contribution in [2.24, 2.45) is 0 Å². The largest absolute Gasteiger partial charge is 0.294 e. The maximum atomic E-state index is 12.2. The van der Waals surface area contributed by atoms with Crippen LogP contribution in [0.15, 0.2) is 42.5 Å². The summed E-state index contributed by atoms with van der Waals surface area (Å²) in [4.78, 5) is 12.2. The molecule has 0 radical (unpaired) electrons. The molecule has 1 aliphatic rings. The molecule has 20 heavy (non-hydrogen) atoms. The van der Waals surface area contributed by atoms with Gasteiger partial charge >= 0.3 is 0 Å². The van der Waals surface area contributed by atoms with E-state index in [9.17, 15) is 4.79 Å². The van der Waals surface area contributed by atoms with Gasteiger partial charge in [0.15, 0.2) is 5.78 Å². The van der Waals surface area contributed by atoms with Gasteiger partial charge in [-0.15, -0.1) is 0 Å². The lowest BCUT2D eigenvalue weighted by Gasteiger charge is -2.05. The highest BCUT2D eigenvalue weighted by Gasteiger charge is 2.19. The Balaban J connectivity index is 1.82. The molecule has 102 valence electrons. The van der Waals surface area contributed by atoms with E-state index in [0.717, 1.165) is 31.2 Å². The Kier molecular flexibility index (Phi) is 3.68. The van der Waals surface area contributed by atoms with Crippen LogP contribution in [0.4, 0.5) is 0 Å². The Morgan fingerprint density at radius 1 is 1.00 bits per heavy atom. The molecule has 3 rings (SSSR count). The summed E-state index contributed by atoms with van der Waals surface area (Å²) in [5, 5.41) is 0. The van der Waals surface area contributed by atoms with Crippen LogP contribution in [0.2, 0.25) is 0 Å². The van der Waals surface area contributed by atoms with Gasteiger partial charge in [0.2, 0.25) is 0 Å². The normalized spacial score (nSPS) is 12.1. The topological polar surface area (TPSA) is 17.1 Å². The Morgan fingerprint density at radius 3 is 2.65 bits per heavy atom. The monoisotopic (exact) mass is 264 g/mol. The molecule has 1 aliphatic carbocycles. The second-order valence-electron chi connectivity index (χ2n) is 5.59. The van der Waals surface area contributed by atoms with Crippen molar-refractivity contribution in [2.45, 2.75) is 39.0 Å². The molecule has 0 N–H and O–H groups in total. The van der Waals surface area contributed by atoms with Crippen molar-refractivity contribution in [2.75, 3.05) is 0 Å². The van der Waals surface area contributed by atoms with Crippen LogP contribution in [0.25, 0.3) is 11.1 Å². The van der Waals surface area contributed by atoms with Gasteiger partial charge in [0.1, 0.15) is 0 Å². The fraction of sp³-hybridized carbons (Fsp3) is 0.316. The summed E-state index contributed by atoms with van der Waals surface area (Å²) in [6.45, 7) is 2.16. The van der Waals surface area contributed by atoms with Crippen molar-refractivity contribution in [3.05, 3.63) is 59.2 Å². The summed E-state index contributed by atoms with van der Waals surface area (Å²) in [7, 11) is 0. The maximum Gasteiger partial charge on any atom is 0.162 e. The molecule has 1 nitrogen and oxygen atoms in total. The Hall–Kier alpha value is -1.89. The number of rotatable bonds is 5. The molecule has 0 unspecified atom stereocenters. The second kappa shape index (κ2) is 5.62. The van der Waals surface area contributed by atoms with E-state index >= 15 is 0 Å². The molecule has 1 heteroatoms. The first-order valence-corrected chi connectivity index (χ1v) is 7.54. The van der Waals surface area contributed by atoms with Gasteiger partial charge < -0.3 is 0 Å². The molecule has 0 aromatic heterocycles. The highest BCUT2D eigenvalue weighted by Crippen LogP contribution is 2.36. The number of hydrogen-bond acceptors (Lipinski definition) is 1. The number of fused-ring (bicyclic) bond motifs is 3. The summed E-state index contributed by atoms with van der Waals surface area (Å²) in [5.41, 5.74) is 6.18. The van der Waals surface area contributed by atoms with Crippen molar-refractivity contribution in [1.29, 1.82) is 0 Å². The summed E-state index contributed by atoms with van der Waals surface area (Å²) >= 11 is 0. The van der Waals surface area contributed by atoms with Crippen LogP contribution in [0.3, 0.4) is 0 Å². The van der Waals surface area contributed by atoms with Crippen molar-refractivity contribution in [1.82, 2.24) is 0 Å². The van der Waals surface area contributed by atoms with Crippen LogP contribution in [-0.4, -0.2) is 5.78 Å². The number of ketones is 1. The molecule has 0 fully saturated rings. The van der Waals surface area contributed by atoms with Crippen molar-refractivity contribution in [3.8, 4) is 11.1 Å². The van der Waals surface area contributed by atoms with Gasteiger partial charge in [0.25, 0.3) is 0 Å². The van der Waals surface area contributed by atoms with Crippen LogP contribution in [0, 0.1) is 0 Å². The van der Waals surface area contributed by atoms with Gasteiger partial charge in [0, 0.05) is 12.0 Å². The Morgan fingerprint density at radius 2 is 1.80 bits per heavy atom. The molecule has 0 bridgehead atoms. The molecule has 0 amide bonds. The van der Waals surface area contributed by atoms with Crippen LogP contribution in [-0.2, 0) is 6.42 Å². The Bertz CT molecular complexity index is 640. The van der Waals surface area contributed by atoms with Crippen molar-refractivity contribution < 1.29 is 4.79 Å². The number of unbranched alkanes of at least 4 members (excludes halogenated alkanes) is 2. The zero-order valence-corrected chi connectivity index (χ0v) is 12.0. The lowest BCUT2D eigenvalue weighted by molar-refractivity contribution is 0.0979. The zero-order valence-electron chi connectivity index (χ0n) is 12.0. The van der Waals surface area contributed by atoms with Crippen LogP contribution in [0.5, 0.6) is 0 Å². The van der Waals surface area contributed by atoms with Gasteiger partial charge in [-0.25, -0.2) is 0 Å². The average Bonchev–Trinajstić information content (AvgIpc) is 2.85. The van der Waals surface area contributed by atoms with E-state index in [4.69, 9.17) is 0 Å². The molecule has 0 heterocycles. The summed E-state index contributed by atoms with van der Waals surface area (Å²) < 4.78 is 0. The smallest absolute Gasteiger partial charge is 0.162 e. The minimum absolute atomic E-state index is 0.289. The number of carbonyl (C=O) groups excluding carboxylic acids is 1. The fourth-order valence-electron chi connectivity index (χ4n) is 3.00. The summed E-state index contributed by atoms with van der Waals surface area (Å²) in [6.07, 6.45) is 4.95. The highest BCUT2D eigenvalue weighted by atomic mass is 16.1. The lowest BCUT2D eigenvalue weighted by Crippen LogP contribution is -1.99. The first kappa shape index (κ1) is 13.1. The minimum atomic E-state index is 0.289. The van der Waals surface area contributed by atoms with Crippen molar-refractivity contribution >= 4 is 5.78 Å². The van der Waals surface area contributed by atoms with E-state index in [0.29, 0.717) is 6.42 Å². The lowest BCUT2D eigenvalue weighted by atomic mass is 9.99. The van der Waals surface area contributed by atoms with Crippen molar-refractivity contribution in [3.63, 3.8) is 0 Å². The van der Waals surface area contributed by atoms with Gasteiger partial charge in [0.05, 0.1) is 0 Å². The van der Waals surface area contributed by atoms with Gasteiger partial charge in [-0.3, -0.25) is 4.79 Å². The second-order valence-corrected chi connectivity index (χ2v) is 5.59. The predicted octanol–water partition coefficient (Wildman–Crippen LogP) is 5.02. The van der Waals surface area contributed by atoms with E-state index in [2.05, 4.69) is 43.3 Å². The Labute approximate surface area is 120 Å². The molecule has 0 aliphatic heterocycles. The summed E-state index contributed by atoms with van der Waals surface area (Å²) in [6, 6.07) is 14.7. The van der Waals surface area contributed by atoms with E-state index in [1.54, 1.807) is 0 Å². The number of carbonyl (C=O) groups is 1. The molecule has 2 aromatic rings. The molecule has 0 spiro atoms. The number of benzene rings is 2. The predicted molar refractivity (Wildman–Crippen MR) is 83.2 cm³/mol. The molecule has 0 saturated carbocycles. The third-order valence-electron chi connectivity index (χ3n) is 4.12. The highest BCUT2D eigenvalue weighted by molar-refractivity contribution is 5.97. The quantitative estimate of drug-likeness (QED) is 0.467.